The van der Waals surface area contributed by atoms with E-state index in [-0.39, 0.29) is 6.61 Å². The van der Waals surface area contributed by atoms with Crippen LogP contribution < -0.4 is 5.32 Å². The summed E-state index contributed by atoms with van der Waals surface area (Å²) in [5.74, 6) is -1.87. The van der Waals surface area contributed by atoms with Crippen molar-refractivity contribution in [3.8, 4) is 0 Å². The third-order valence-corrected chi connectivity index (χ3v) is 3.48. The topological polar surface area (TPSA) is 49.3 Å². The number of rotatable bonds is 5. The highest BCUT2D eigenvalue weighted by atomic mass is 32.1. The second kappa shape index (κ2) is 5.42. The van der Waals surface area contributed by atoms with Crippen molar-refractivity contribution >= 4 is 17.2 Å². The molecule has 3 nitrogen and oxygen atoms in total. The molecule has 1 unspecified atom stereocenters. The smallest absolute Gasteiger partial charge is 0.279 e. The average Bonchev–Trinajstić information content (AvgIpc) is 2.78. The van der Waals surface area contributed by atoms with Crippen molar-refractivity contribution in [1.29, 1.82) is 0 Å². The molecule has 1 rings (SSSR count). The van der Waals surface area contributed by atoms with E-state index in [1.54, 1.807) is 13.8 Å². The molecule has 2 N–H and O–H groups in total. The number of thiophene rings is 1. The molecule has 1 aromatic heterocycles. The third-order valence-electron chi connectivity index (χ3n) is 2.54. The van der Waals surface area contributed by atoms with Gasteiger partial charge in [0.1, 0.15) is 0 Å². The van der Waals surface area contributed by atoms with E-state index < -0.39 is 23.2 Å². The molecule has 17 heavy (non-hydrogen) atoms. The van der Waals surface area contributed by atoms with Crippen LogP contribution in [-0.4, -0.2) is 17.6 Å². The van der Waals surface area contributed by atoms with Gasteiger partial charge in [0.15, 0.2) is 5.83 Å². The molecular weight excluding hydrogens is 241 g/mol. The quantitative estimate of drug-likeness (QED) is 0.796. The van der Waals surface area contributed by atoms with Crippen molar-refractivity contribution in [3.63, 3.8) is 0 Å². The maximum atomic E-state index is 12.7. The lowest BCUT2D eigenvalue weighted by Gasteiger charge is -2.32. The minimum absolute atomic E-state index is 0.116. The fraction of sp³-hybridized carbons (Fsp3) is 0.417. The number of nitrogens with one attached hydrogen (secondary N) is 1. The Morgan fingerprint density at radius 1 is 1.71 bits per heavy atom. The van der Waals surface area contributed by atoms with Crippen LogP contribution in [0.1, 0.15) is 24.8 Å². The van der Waals surface area contributed by atoms with Crippen molar-refractivity contribution in [3.05, 3.63) is 34.8 Å². The maximum absolute atomic E-state index is 12.7. The molecule has 0 bridgehead atoms. The fourth-order valence-electron chi connectivity index (χ4n) is 1.41. The number of hydrogen-bond donors (Lipinski definition) is 2. The van der Waals surface area contributed by atoms with Crippen LogP contribution >= 0.6 is 11.3 Å². The normalized spacial score (nSPS) is 13.2. The SMILES string of the molecule is C=C(F)C(=O)NC(c1cccs1)C(C)(C)CO. The number of halogens is 1. The number of aliphatic hydroxyl groups excluding tert-OH is 1. The second-order valence-corrected chi connectivity index (χ2v) is 5.45. The predicted octanol–water partition coefficient (Wildman–Crippen LogP) is 2.41. The van der Waals surface area contributed by atoms with Gasteiger partial charge in [-0.05, 0) is 11.4 Å². The summed E-state index contributed by atoms with van der Waals surface area (Å²) < 4.78 is 12.7. The van der Waals surface area contributed by atoms with Crippen molar-refractivity contribution in [2.45, 2.75) is 19.9 Å². The van der Waals surface area contributed by atoms with Crippen LogP contribution in [-0.2, 0) is 4.79 Å². The van der Waals surface area contributed by atoms with Crippen LogP contribution in [0.3, 0.4) is 0 Å². The predicted molar refractivity (Wildman–Crippen MR) is 66.3 cm³/mol. The number of carbonyl (C=O) groups is 1. The third kappa shape index (κ3) is 3.38. The van der Waals surface area contributed by atoms with Crippen LogP contribution in [0.2, 0.25) is 0 Å². The molecule has 0 aliphatic carbocycles. The molecule has 1 heterocycles. The average molecular weight is 257 g/mol. The van der Waals surface area contributed by atoms with Gasteiger partial charge in [-0.1, -0.05) is 26.5 Å². The Morgan fingerprint density at radius 2 is 2.35 bits per heavy atom. The zero-order chi connectivity index (χ0) is 13.1. The van der Waals surface area contributed by atoms with Gasteiger partial charge in [-0.25, -0.2) is 4.39 Å². The molecule has 0 spiro atoms. The molecule has 94 valence electrons. The Hall–Kier alpha value is -1.20. The minimum atomic E-state index is -1.03. The Labute approximate surface area is 104 Å². The summed E-state index contributed by atoms with van der Waals surface area (Å²) in [6.07, 6.45) is 0. The highest BCUT2D eigenvalue weighted by molar-refractivity contribution is 7.10. The Morgan fingerprint density at radius 3 is 2.76 bits per heavy atom. The lowest BCUT2D eigenvalue weighted by molar-refractivity contribution is -0.120. The summed E-state index contributed by atoms with van der Waals surface area (Å²) in [5, 5.41) is 13.8. The molecule has 0 radical (unpaired) electrons. The van der Waals surface area contributed by atoms with Gasteiger partial charge in [0.2, 0.25) is 0 Å². The van der Waals surface area contributed by atoms with E-state index in [0.717, 1.165) is 4.88 Å². The molecule has 1 amide bonds. The summed E-state index contributed by atoms with van der Waals surface area (Å²) in [7, 11) is 0. The van der Waals surface area contributed by atoms with Crippen LogP contribution in [0, 0.1) is 5.41 Å². The van der Waals surface area contributed by atoms with Crippen molar-refractivity contribution in [2.75, 3.05) is 6.61 Å². The minimum Gasteiger partial charge on any atom is -0.396 e. The molecule has 0 aliphatic rings. The first-order chi connectivity index (χ1) is 7.88. The molecule has 5 heteroatoms. The van der Waals surface area contributed by atoms with Crippen LogP contribution in [0.5, 0.6) is 0 Å². The zero-order valence-corrected chi connectivity index (χ0v) is 10.7. The lowest BCUT2D eigenvalue weighted by atomic mass is 9.84. The number of aliphatic hydroxyl groups is 1. The number of amides is 1. The van der Waals surface area contributed by atoms with E-state index in [1.165, 1.54) is 11.3 Å². The van der Waals surface area contributed by atoms with Crippen LogP contribution in [0.15, 0.2) is 29.9 Å². The highest BCUT2D eigenvalue weighted by Gasteiger charge is 2.32. The molecule has 0 saturated carbocycles. The van der Waals surface area contributed by atoms with E-state index >= 15 is 0 Å². The maximum Gasteiger partial charge on any atom is 0.279 e. The van der Waals surface area contributed by atoms with Gasteiger partial charge in [0.05, 0.1) is 12.6 Å². The lowest BCUT2D eigenvalue weighted by Crippen LogP contribution is -2.39. The van der Waals surface area contributed by atoms with Crippen molar-refractivity contribution in [1.82, 2.24) is 5.32 Å². The zero-order valence-electron chi connectivity index (χ0n) is 9.87. The van der Waals surface area contributed by atoms with Gasteiger partial charge < -0.3 is 10.4 Å². The van der Waals surface area contributed by atoms with Gasteiger partial charge in [0, 0.05) is 10.3 Å². The second-order valence-electron chi connectivity index (χ2n) is 4.47. The molecule has 0 aromatic carbocycles. The van der Waals surface area contributed by atoms with E-state index in [1.807, 2.05) is 17.5 Å². The van der Waals surface area contributed by atoms with Gasteiger partial charge >= 0.3 is 0 Å². The highest BCUT2D eigenvalue weighted by Crippen LogP contribution is 2.35. The summed E-state index contributed by atoms with van der Waals surface area (Å²) in [5.41, 5.74) is -0.573. The summed E-state index contributed by atoms with van der Waals surface area (Å²) in [6.45, 7) is 6.45. The molecule has 1 aromatic rings. The Balaban J connectivity index is 2.96. The van der Waals surface area contributed by atoms with E-state index in [2.05, 4.69) is 11.9 Å². The van der Waals surface area contributed by atoms with Gasteiger partial charge in [-0.3, -0.25) is 4.79 Å². The Kier molecular flexibility index (Phi) is 4.42. The fourth-order valence-corrected chi connectivity index (χ4v) is 2.39. The van der Waals surface area contributed by atoms with Crippen LogP contribution in [0.4, 0.5) is 4.39 Å². The summed E-state index contributed by atoms with van der Waals surface area (Å²) in [4.78, 5) is 12.2. The first-order valence-corrected chi connectivity index (χ1v) is 6.06. The van der Waals surface area contributed by atoms with E-state index in [0.29, 0.717) is 0 Å². The molecule has 0 saturated heterocycles. The van der Waals surface area contributed by atoms with Crippen molar-refractivity contribution < 1.29 is 14.3 Å². The number of carbonyl (C=O) groups excluding carboxylic acids is 1. The molecular formula is C12H16FNO2S. The molecule has 0 aliphatic heterocycles. The van der Waals surface area contributed by atoms with E-state index in [4.69, 9.17) is 0 Å². The summed E-state index contributed by atoms with van der Waals surface area (Å²) in [6, 6.07) is 3.25. The van der Waals surface area contributed by atoms with E-state index in [9.17, 15) is 14.3 Å². The van der Waals surface area contributed by atoms with Crippen molar-refractivity contribution in [2.24, 2.45) is 5.41 Å². The van der Waals surface area contributed by atoms with Gasteiger partial charge in [-0.15, -0.1) is 11.3 Å². The molecule has 1 atom stereocenters. The van der Waals surface area contributed by atoms with Gasteiger partial charge in [0.25, 0.3) is 5.91 Å². The first-order valence-electron chi connectivity index (χ1n) is 5.18. The molecule has 0 fully saturated rings. The van der Waals surface area contributed by atoms with Gasteiger partial charge in [-0.2, -0.15) is 0 Å². The Bertz CT molecular complexity index is 401. The summed E-state index contributed by atoms with van der Waals surface area (Å²) >= 11 is 1.45. The van der Waals surface area contributed by atoms with Crippen LogP contribution in [0.25, 0.3) is 0 Å². The monoisotopic (exact) mass is 257 g/mol. The number of hydrogen-bond acceptors (Lipinski definition) is 3. The largest absolute Gasteiger partial charge is 0.396 e. The first kappa shape index (κ1) is 13.9. The standard InChI is InChI=1S/C12H16FNO2S/c1-8(13)11(16)14-10(12(2,3)7-15)9-5-4-6-17-9/h4-6,10,15H,1,7H2,2-3H3,(H,14,16).